The zero-order valence-electron chi connectivity index (χ0n) is 11.7. The van der Waals surface area contributed by atoms with E-state index in [9.17, 15) is 4.79 Å². The first-order chi connectivity index (χ1) is 9.65. The van der Waals surface area contributed by atoms with E-state index in [1.54, 1.807) is 13.0 Å². The summed E-state index contributed by atoms with van der Waals surface area (Å²) in [6.07, 6.45) is 4.31. The van der Waals surface area contributed by atoms with Crippen LogP contribution in [0.4, 0.5) is 0 Å². The fourth-order valence-electron chi connectivity index (χ4n) is 1.09. The molecule has 0 aliphatic heterocycles. The molecule has 0 spiro atoms. The summed E-state index contributed by atoms with van der Waals surface area (Å²) in [6.45, 7) is 7.19. The average molecular weight is 342 g/mol. The van der Waals surface area contributed by atoms with Crippen molar-refractivity contribution in [1.29, 1.82) is 0 Å². The number of esters is 1. The van der Waals surface area contributed by atoms with E-state index in [0.29, 0.717) is 12.0 Å². The molecule has 0 aromatic carbocycles. The van der Waals surface area contributed by atoms with Gasteiger partial charge < -0.3 is 29.3 Å². The Morgan fingerprint density at radius 1 is 1.33 bits per heavy atom. The Kier molecular flexibility index (Phi) is 27.3. The number of rotatable bonds is 4. The zero-order chi connectivity index (χ0) is 16.6. The van der Waals surface area contributed by atoms with Crippen LogP contribution in [-0.2, 0) is 41.0 Å². The minimum absolute atomic E-state index is 0. The van der Waals surface area contributed by atoms with Crippen molar-refractivity contribution in [3.8, 4) is 0 Å². The number of allylic oxidation sites excluding steroid dienone is 2. The van der Waals surface area contributed by atoms with Gasteiger partial charge in [-0.1, -0.05) is 12.5 Å². The summed E-state index contributed by atoms with van der Waals surface area (Å²) in [6, 6.07) is 0. The van der Waals surface area contributed by atoms with Gasteiger partial charge in [0.25, 0.3) is 5.97 Å². The van der Waals surface area contributed by atoms with Crippen LogP contribution in [-0.4, -0.2) is 55.9 Å². The number of ether oxygens (including phenoxy) is 1. The Bertz CT molecular complexity index is 324. The third-order valence-electron chi connectivity index (χ3n) is 1.91. The van der Waals surface area contributed by atoms with Crippen LogP contribution in [0.1, 0.15) is 13.3 Å². The number of hydrogen-bond acceptors (Lipinski definition) is 7. The molecule has 1 aliphatic carbocycles. The second kappa shape index (κ2) is 20.7. The van der Waals surface area contributed by atoms with Crippen LogP contribution in [0.15, 0.2) is 17.2 Å². The van der Waals surface area contributed by atoms with E-state index in [2.05, 4.69) is 6.08 Å². The van der Waals surface area contributed by atoms with E-state index in [4.69, 9.17) is 29.3 Å². The molecule has 0 aromatic heterocycles. The van der Waals surface area contributed by atoms with E-state index < -0.39 is 18.7 Å². The van der Waals surface area contributed by atoms with Crippen molar-refractivity contribution in [3.05, 3.63) is 23.3 Å². The SMILES string of the molecule is C=O.C=O.C=O.CC1=[C-]CC=C1C(=O)OCC(O)CO.[Mn]. The first kappa shape index (κ1) is 27.7. The number of hydrogen-bond donors (Lipinski definition) is 2. The van der Waals surface area contributed by atoms with Crippen LogP contribution in [0.25, 0.3) is 0 Å². The molecule has 0 amide bonds. The Labute approximate surface area is 134 Å². The van der Waals surface area contributed by atoms with Crippen molar-refractivity contribution in [2.75, 3.05) is 13.2 Å². The van der Waals surface area contributed by atoms with Gasteiger partial charge in [-0.3, -0.25) is 10.9 Å². The molecule has 121 valence electrons. The minimum atomic E-state index is -1.01. The quantitative estimate of drug-likeness (QED) is 0.398. The van der Waals surface area contributed by atoms with Gasteiger partial charge in [0.1, 0.15) is 33.1 Å². The van der Waals surface area contributed by atoms with E-state index in [0.717, 1.165) is 5.57 Å². The molecule has 0 heterocycles. The van der Waals surface area contributed by atoms with Crippen molar-refractivity contribution < 1.29 is 51.2 Å². The normalized spacial score (nSPS) is 12.1. The van der Waals surface area contributed by atoms with E-state index in [1.165, 1.54) is 0 Å². The first-order valence-electron chi connectivity index (χ1n) is 5.25. The molecule has 2 N–H and O–H groups in total. The maximum absolute atomic E-state index is 11.3. The number of aliphatic hydroxyl groups excluding tert-OH is 2. The summed E-state index contributed by atoms with van der Waals surface area (Å²) < 4.78 is 4.77. The number of aliphatic hydroxyl groups is 2. The van der Waals surface area contributed by atoms with Crippen molar-refractivity contribution in [2.24, 2.45) is 0 Å². The number of carbonyl (C=O) groups excluding carboxylic acids is 4. The second-order valence-electron chi connectivity index (χ2n) is 3.06. The van der Waals surface area contributed by atoms with E-state index in [-0.39, 0.29) is 23.7 Å². The molecule has 1 unspecified atom stereocenters. The van der Waals surface area contributed by atoms with Gasteiger partial charge in [0, 0.05) is 17.1 Å². The predicted molar refractivity (Wildman–Crippen MR) is 70.5 cm³/mol. The smallest absolute Gasteiger partial charge is 0.254 e. The van der Waals surface area contributed by atoms with Gasteiger partial charge in [-0.2, -0.15) is 6.08 Å². The molecular weight excluding hydrogens is 323 g/mol. The predicted octanol–water partition coefficient (Wildman–Crippen LogP) is -0.595. The fourth-order valence-corrected chi connectivity index (χ4v) is 1.09. The van der Waals surface area contributed by atoms with Gasteiger partial charge in [-0.05, 0) is 0 Å². The van der Waals surface area contributed by atoms with Gasteiger partial charge >= 0.3 is 0 Å². The Morgan fingerprint density at radius 3 is 2.14 bits per heavy atom. The molecule has 0 fully saturated rings. The zero-order valence-corrected chi connectivity index (χ0v) is 12.9. The Morgan fingerprint density at radius 2 is 1.81 bits per heavy atom. The van der Waals surface area contributed by atoms with E-state index in [1.807, 2.05) is 20.4 Å². The Hall–Kier alpha value is -1.60. The molecule has 0 bridgehead atoms. The summed E-state index contributed by atoms with van der Waals surface area (Å²) in [5.41, 5.74) is 1.27. The van der Waals surface area contributed by atoms with Crippen LogP contribution >= 0.6 is 0 Å². The Balaban J connectivity index is -0.000000183. The maximum Gasteiger partial charge on any atom is 0.254 e. The van der Waals surface area contributed by atoms with Gasteiger partial charge in [-0.25, -0.2) is 5.57 Å². The van der Waals surface area contributed by atoms with Crippen LogP contribution in [0, 0.1) is 6.08 Å². The molecule has 1 rings (SSSR count). The van der Waals surface area contributed by atoms with Crippen molar-refractivity contribution in [3.63, 3.8) is 0 Å². The topological polar surface area (TPSA) is 118 Å². The third-order valence-corrected chi connectivity index (χ3v) is 1.91. The molecule has 0 aromatic rings. The van der Waals surface area contributed by atoms with Crippen LogP contribution in [0.5, 0.6) is 0 Å². The summed E-state index contributed by atoms with van der Waals surface area (Å²) >= 11 is 0. The molecular formula is C13H19MnO7-. The molecule has 1 radical (unpaired) electrons. The van der Waals surface area contributed by atoms with Gasteiger partial charge in [0.05, 0.1) is 6.61 Å². The fraction of sp³-hybridized carbons (Fsp3) is 0.385. The minimum Gasteiger partial charge on any atom is -0.473 e. The largest absolute Gasteiger partial charge is 0.473 e. The van der Waals surface area contributed by atoms with Crippen molar-refractivity contribution >= 4 is 26.3 Å². The second-order valence-corrected chi connectivity index (χ2v) is 3.06. The van der Waals surface area contributed by atoms with Crippen molar-refractivity contribution in [2.45, 2.75) is 19.4 Å². The van der Waals surface area contributed by atoms with Crippen molar-refractivity contribution in [1.82, 2.24) is 0 Å². The molecule has 1 atom stereocenters. The summed E-state index contributed by atoms with van der Waals surface area (Å²) in [5.74, 6) is -0.472. The van der Waals surface area contributed by atoms with Gasteiger partial charge in [-0.15, -0.1) is 6.42 Å². The van der Waals surface area contributed by atoms with Crippen LogP contribution < -0.4 is 0 Å². The van der Waals surface area contributed by atoms with Gasteiger partial charge in [0.15, 0.2) is 0 Å². The maximum atomic E-state index is 11.3. The monoisotopic (exact) mass is 342 g/mol. The molecule has 7 nitrogen and oxygen atoms in total. The summed E-state index contributed by atoms with van der Waals surface area (Å²) in [7, 11) is 0. The summed E-state index contributed by atoms with van der Waals surface area (Å²) in [5, 5.41) is 17.4. The molecule has 0 saturated heterocycles. The third kappa shape index (κ3) is 13.1. The number of carbonyl (C=O) groups is 4. The molecule has 1 aliphatic rings. The van der Waals surface area contributed by atoms with Gasteiger partial charge in [0.2, 0.25) is 0 Å². The average Bonchev–Trinajstić information content (AvgIpc) is 2.96. The van der Waals surface area contributed by atoms with Crippen LogP contribution in [0.2, 0.25) is 0 Å². The van der Waals surface area contributed by atoms with E-state index >= 15 is 0 Å². The summed E-state index contributed by atoms with van der Waals surface area (Å²) in [4.78, 5) is 35.3. The first-order valence-corrected chi connectivity index (χ1v) is 5.25. The standard InChI is InChI=1S/C10H13O4.3CH2O.Mn/c1-7-3-2-4-9(7)10(13)14-6-8(12)5-11;3*1-2;/h4,8,11-12H,2,5-6H2,1H3;3*1H2;/q-1;;;;. The van der Waals surface area contributed by atoms with Crippen LogP contribution in [0.3, 0.4) is 0 Å². The molecule has 8 heteroatoms. The molecule has 21 heavy (non-hydrogen) atoms. The molecule has 0 saturated carbocycles.